The third-order valence-corrected chi connectivity index (χ3v) is 3.76. The molecule has 1 atom stereocenters. The number of nitrogens with zero attached hydrogens (tertiary/aromatic N) is 3. The first kappa shape index (κ1) is 13.8. The molecular formula is C11H14ClN5OS. The summed E-state index contributed by atoms with van der Waals surface area (Å²) in [4.78, 5) is 12.7. The highest BCUT2D eigenvalue weighted by Crippen LogP contribution is 2.20. The molecule has 6 nitrogen and oxygen atoms in total. The van der Waals surface area contributed by atoms with Crippen LogP contribution < -0.4 is 10.6 Å². The molecule has 0 fully saturated rings. The SMILES string of the molecule is C[C@@H](NC(=O)NCc1ccc(Cl)s1)c1nncn1C. The second-order valence-corrected chi connectivity index (χ2v) is 5.85. The Hall–Kier alpha value is -1.60. The molecule has 2 rings (SSSR count). The first-order valence-corrected chi connectivity index (χ1v) is 6.88. The molecule has 2 aromatic rings. The first-order valence-electron chi connectivity index (χ1n) is 5.68. The van der Waals surface area contributed by atoms with Crippen molar-refractivity contribution < 1.29 is 4.79 Å². The van der Waals surface area contributed by atoms with E-state index in [1.807, 2.05) is 26.1 Å². The molecule has 0 aromatic carbocycles. The van der Waals surface area contributed by atoms with Gasteiger partial charge in [0.25, 0.3) is 0 Å². The van der Waals surface area contributed by atoms with Gasteiger partial charge in [-0.25, -0.2) is 4.79 Å². The smallest absolute Gasteiger partial charge is 0.315 e. The van der Waals surface area contributed by atoms with E-state index in [9.17, 15) is 4.79 Å². The summed E-state index contributed by atoms with van der Waals surface area (Å²) in [5.74, 6) is 0.703. The Morgan fingerprint density at radius 2 is 2.37 bits per heavy atom. The summed E-state index contributed by atoms with van der Waals surface area (Å²) in [5.41, 5.74) is 0. The van der Waals surface area contributed by atoms with E-state index in [1.54, 1.807) is 10.9 Å². The van der Waals surface area contributed by atoms with Crippen molar-refractivity contribution in [2.45, 2.75) is 19.5 Å². The van der Waals surface area contributed by atoms with Gasteiger partial charge in [0.2, 0.25) is 0 Å². The Balaban J connectivity index is 1.83. The number of aromatic nitrogens is 3. The number of hydrogen-bond acceptors (Lipinski definition) is 4. The molecule has 0 unspecified atom stereocenters. The number of carbonyl (C=O) groups is 1. The van der Waals surface area contributed by atoms with E-state index in [1.165, 1.54) is 11.3 Å². The molecule has 2 N–H and O–H groups in total. The third-order valence-electron chi connectivity index (χ3n) is 2.53. The minimum Gasteiger partial charge on any atom is -0.333 e. The lowest BCUT2D eigenvalue weighted by atomic mass is 10.3. The number of thiophene rings is 1. The number of aryl methyl sites for hydroxylation is 1. The van der Waals surface area contributed by atoms with E-state index in [0.717, 1.165) is 4.88 Å². The molecule has 0 aliphatic heterocycles. The van der Waals surface area contributed by atoms with Crippen molar-refractivity contribution in [2.24, 2.45) is 7.05 Å². The summed E-state index contributed by atoms with van der Waals surface area (Å²) >= 11 is 7.26. The van der Waals surface area contributed by atoms with Gasteiger partial charge in [0.1, 0.15) is 6.33 Å². The van der Waals surface area contributed by atoms with Gasteiger partial charge in [-0.2, -0.15) is 0 Å². The van der Waals surface area contributed by atoms with E-state index in [2.05, 4.69) is 20.8 Å². The number of rotatable bonds is 4. The van der Waals surface area contributed by atoms with E-state index >= 15 is 0 Å². The van der Waals surface area contributed by atoms with Crippen LogP contribution in [-0.4, -0.2) is 20.8 Å². The Labute approximate surface area is 119 Å². The van der Waals surface area contributed by atoms with Gasteiger partial charge < -0.3 is 15.2 Å². The molecule has 102 valence electrons. The van der Waals surface area contributed by atoms with Gasteiger partial charge in [-0.05, 0) is 19.1 Å². The minimum atomic E-state index is -0.250. The number of halogens is 1. The van der Waals surface area contributed by atoms with Crippen molar-refractivity contribution in [2.75, 3.05) is 0 Å². The maximum atomic E-state index is 11.7. The molecule has 8 heteroatoms. The molecule has 2 heterocycles. The molecule has 0 aliphatic carbocycles. The molecule has 0 saturated carbocycles. The van der Waals surface area contributed by atoms with E-state index in [4.69, 9.17) is 11.6 Å². The van der Waals surface area contributed by atoms with E-state index < -0.39 is 0 Å². The zero-order chi connectivity index (χ0) is 13.8. The summed E-state index contributed by atoms with van der Waals surface area (Å²) < 4.78 is 2.48. The number of urea groups is 1. The van der Waals surface area contributed by atoms with Crippen molar-refractivity contribution in [3.8, 4) is 0 Å². The van der Waals surface area contributed by atoms with Gasteiger partial charge in [0, 0.05) is 11.9 Å². The van der Waals surface area contributed by atoms with Crippen molar-refractivity contribution in [3.05, 3.63) is 33.5 Å². The van der Waals surface area contributed by atoms with Gasteiger partial charge in [0.15, 0.2) is 5.82 Å². The zero-order valence-electron chi connectivity index (χ0n) is 10.6. The molecule has 0 saturated heterocycles. The fourth-order valence-corrected chi connectivity index (χ4v) is 2.64. The van der Waals surface area contributed by atoms with Crippen LogP contribution in [0.25, 0.3) is 0 Å². The molecule has 2 aromatic heterocycles. The number of nitrogens with one attached hydrogen (secondary N) is 2. The van der Waals surface area contributed by atoms with Crippen LogP contribution in [0.4, 0.5) is 4.79 Å². The molecular weight excluding hydrogens is 286 g/mol. The average Bonchev–Trinajstić information content (AvgIpc) is 2.95. The molecule has 19 heavy (non-hydrogen) atoms. The lowest BCUT2D eigenvalue weighted by Crippen LogP contribution is -2.37. The lowest BCUT2D eigenvalue weighted by molar-refractivity contribution is 0.237. The largest absolute Gasteiger partial charge is 0.333 e. The molecule has 0 radical (unpaired) electrons. The molecule has 0 spiro atoms. The fourth-order valence-electron chi connectivity index (χ4n) is 1.61. The second kappa shape index (κ2) is 6.03. The summed E-state index contributed by atoms with van der Waals surface area (Å²) in [6, 6.07) is 3.24. The minimum absolute atomic E-state index is 0.209. The monoisotopic (exact) mass is 299 g/mol. The van der Waals surface area contributed by atoms with Crippen LogP contribution in [0.3, 0.4) is 0 Å². The second-order valence-electron chi connectivity index (χ2n) is 4.05. The highest BCUT2D eigenvalue weighted by atomic mass is 35.5. The van der Waals surface area contributed by atoms with Gasteiger partial charge in [0.05, 0.1) is 16.9 Å². The average molecular weight is 300 g/mol. The maximum absolute atomic E-state index is 11.7. The molecule has 2 amide bonds. The topological polar surface area (TPSA) is 71.8 Å². The van der Waals surface area contributed by atoms with Crippen molar-refractivity contribution in [3.63, 3.8) is 0 Å². The zero-order valence-corrected chi connectivity index (χ0v) is 12.1. The van der Waals surface area contributed by atoms with Gasteiger partial charge >= 0.3 is 6.03 Å². The van der Waals surface area contributed by atoms with Crippen LogP contribution in [0.15, 0.2) is 18.5 Å². The third kappa shape index (κ3) is 3.68. The first-order chi connectivity index (χ1) is 9.06. The lowest BCUT2D eigenvalue weighted by Gasteiger charge is -2.13. The van der Waals surface area contributed by atoms with Crippen molar-refractivity contribution >= 4 is 29.0 Å². The van der Waals surface area contributed by atoms with Crippen LogP contribution in [-0.2, 0) is 13.6 Å². The Morgan fingerprint density at radius 3 is 2.95 bits per heavy atom. The fraction of sp³-hybridized carbons (Fsp3) is 0.364. The quantitative estimate of drug-likeness (QED) is 0.908. The highest BCUT2D eigenvalue weighted by Gasteiger charge is 2.13. The maximum Gasteiger partial charge on any atom is 0.315 e. The van der Waals surface area contributed by atoms with Crippen molar-refractivity contribution in [1.82, 2.24) is 25.4 Å². The van der Waals surface area contributed by atoms with E-state index in [0.29, 0.717) is 16.7 Å². The van der Waals surface area contributed by atoms with Crippen LogP contribution in [0.2, 0.25) is 4.34 Å². The predicted molar refractivity (Wildman–Crippen MR) is 74.1 cm³/mol. The van der Waals surface area contributed by atoms with Gasteiger partial charge in [-0.3, -0.25) is 0 Å². The van der Waals surface area contributed by atoms with Crippen LogP contribution >= 0.6 is 22.9 Å². The van der Waals surface area contributed by atoms with Crippen molar-refractivity contribution in [1.29, 1.82) is 0 Å². The van der Waals surface area contributed by atoms with E-state index in [-0.39, 0.29) is 12.1 Å². The van der Waals surface area contributed by atoms with Gasteiger partial charge in [-0.15, -0.1) is 21.5 Å². The summed E-state index contributed by atoms with van der Waals surface area (Å²) in [5, 5.41) is 13.3. The van der Waals surface area contributed by atoms with Crippen LogP contribution in [0.5, 0.6) is 0 Å². The standard InChI is InChI=1S/C11H14ClN5OS/c1-7(10-16-14-6-17(10)2)15-11(18)13-5-8-3-4-9(12)19-8/h3-4,6-7H,5H2,1-2H3,(H2,13,15,18)/t7-/m1/s1. The normalized spacial score (nSPS) is 12.2. The Kier molecular flexibility index (Phi) is 4.39. The number of carbonyl (C=O) groups excluding carboxylic acids is 1. The number of hydrogen-bond donors (Lipinski definition) is 2. The predicted octanol–water partition coefficient (Wildman–Crippen LogP) is 2.09. The number of amides is 2. The molecule has 0 aliphatic rings. The van der Waals surface area contributed by atoms with Gasteiger partial charge in [-0.1, -0.05) is 11.6 Å². The Bertz CT molecular complexity index is 567. The Morgan fingerprint density at radius 1 is 1.58 bits per heavy atom. The summed E-state index contributed by atoms with van der Waals surface area (Å²) in [7, 11) is 1.83. The summed E-state index contributed by atoms with van der Waals surface area (Å²) in [6.45, 7) is 2.31. The van der Waals surface area contributed by atoms with Crippen LogP contribution in [0.1, 0.15) is 23.7 Å². The highest BCUT2D eigenvalue weighted by molar-refractivity contribution is 7.16. The van der Waals surface area contributed by atoms with Crippen LogP contribution in [0, 0.1) is 0 Å². The molecule has 0 bridgehead atoms. The summed E-state index contributed by atoms with van der Waals surface area (Å²) in [6.07, 6.45) is 1.60.